The Labute approximate surface area is 155 Å². The molecular formula is C22H19NO4. The van der Waals surface area contributed by atoms with Crippen molar-refractivity contribution in [3.8, 4) is 11.5 Å². The molecule has 2 aromatic carbocycles. The number of piperidine rings is 1. The molecule has 1 saturated heterocycles. The highest BCUT2D eigenvalue weighted by molar-refractivity contribution is 5.84. The molecule has 1 aromatic heterocycles. The van der Waals surface area contributed by atoms with Crippen LogP contribution in [0.25, 0.3) is 11.0 Å². The summed E-state index contributed by atoms with van der Waals surface area (Å²) in [4.78, 5) is 0. The van der Waals surface area contributed by atoms with E-state index in [2.05, 4.69) is 11.4 Å². The van der Waals surface area contributed by atoms with Gasteiger partial charge in [0.2, 0.25) is 0 Å². The van der Waals surface area contributed by atoms with Crippen LogP contribution in [0, 0.1) is 0 Å². The molecule has 7 rings (SSSR count). The Bertz CT molecular complexity index is 1150. The maximum absolute atomic E-state index is 12.2. The summed E-state index contributed by atoms with van der Waals surface area (Å²) < 4.78 is 12.7. The van der Waals surface area contributed by atoms with Crippen LogP contribution in [0.1, 0.15) is 35.0 Å². The maximum Gasteiger partial charge on any atom is 0.169 e. The number of phenolic OH excluding ortho intramolecular Hbond substituents is 1. The predicted octanol–water partition coefficient (Wildman–Crippen LogP) is 2.72. The van der Waals surface area contributed by atoms with E-state index in [-0.39, 0.29) is 11.8 Å². The van der Waals surface area contributed by atoms with E-state index in [0.717, 1.165) is 52.8 Å². The average Bonchev–Trinajstić information content (AvgIpc) is 3.18. The van der Waals surface area contributed by atoms with Crippen molar-refractivity contribution < 1.29 is 19.4 Å². The van der Waals surface area contributed by atoms with Gasteiger partial charge in [0.15, 0.2) is 17.6 Å². The Hall–Kier alpha value is -2.50. The minimum atomic E-state index is -0.971. The first-order valence-electron chi connectivity index (χ1n) is 9.61. The first kappa shape index (κ1) is 14.5. The average molecular weight is 361 g/mol. The molecule has 2 aliphatic heterocycles. The van der Waals surface area contributed by atoms with Gasteiger partial charge in [-0.2, -0.15) is 0 Å². The van der Waals surface area contributed by atoms with Crippen LogP contribution in [0.15, 0.2) is 40.8 Å². The van der Waals surface area contributed by atoms with Crippen molar-refractivity contribution in [1.82, 2.24) is 5.32 Å². The fourth-order valence-electron chi connectivity index (χ4n) is 6.38. The lowest BCUT2D eigenvalue weighted by atomic mass is 9.49. The number of fused-ring (bicyclic) bond motifs is 4. The molecule has 5 heteroatoms. The van der Waals surface area contributed by atoms with Gasteiger partial charge in [0, 0.05) is 29.0 Å². The standard InChI is InChI=1S/C22H19NO4/c24-14-6-5-11-9-16-22(25)10-13-12-3-1-2-4-15(12)26-18(13)20-21(22,7-8-23-16)17(11)19(14)27-20/h1-6,16,20,23-25H,7-10H2. The fourth-order valence-corrected chi connectivity index (χ4v) is 6.38. The lowest BCUT2D eigenvalue weighted by Gasteiger charge is -2.59. The van der Waals surface area contributed by atoms with Crippen molar-refractivity contribution in [3.63, 3.8) is 0 Å². The molecule has 136 valence electrons. The third-order valence-electron chi connectivity index (χ3n) is 7.45. The number of nitrogens with one attached hydrogen (secondary N) is 1. The minimum Gasteiger partial charge on any atom is -0.504 e. The molecule has 2 aliphatic carbocycles. The Morgan fingerprint density at radius 2 is 2.04 bits per heavy atom. The van der Waals surface area contributed by atoms with Crippen LogP contribution >= 0.6 is 0 Å². The number of benzene rings is 2. The third kappa shape index (κ3) is 1.39. The third-order valence-corrected chi connectivity index (χ3v) is 7.45. The Morgan fingerprint density at radius 1 is 1.15 bits per heavy atom. The molecule has 3 aromatic rings. The highest BCUT2D eigenvalue weighted by Crippen LogP contribution is 2.68. The van der Waals surface area contributed by atoms with E-state index in [1.165, 1.54) is 0 Å². The highest BCUT2D eigenvalue weighted by Gasteiger charge is 2.72. The lowest BCUT2D eigenvalue weighted by molar-refractivity contribution is -0.137. The van der Waals surface area contributed by atoms with Crippen LogP contribution < -0.4 is 10.1 Å². The van der Waals surface area contributed by atoms with Crippen molar-refractivity contribution in [2.45, 2.75) is 42.4 Å². The molecular weight excluding hydrogens is 342 g/mol. The summed E-state index contributed by atoms with van der Waals surface area (Å²) in [6.07, 6.45) is 1.61. The normalized spacial score (nSPS) is 34.9. The molecule has 2 bridgehead atoms. The summed E-state index contributed by atoms with van der Waals surface area (Å²) in [5.41, 5.74) is 2.48. The molecule has 4 atom stereocenters. The van der Waals surface area contributed by atoms with Gasteiger partial charge in [-0.3, -0.25) is 0 Å². The van der Waals surface area contributed by atoms with Gasteiger partial charge in [-0.1, -0.05) is 24.3 Å². The van der Waals surface area contributed by atoms with Crippen molar-refractivity contribution in [2.75, 3.05) is 6.54 Å². The summed E-state index contributed by atoms with van der Waals surface area (Å²) in [5.74, 6) is 1.49. The van der Waals surface area contributed by atoms with E-state index >= 15 is 0 Å². The van der Waals surface area contributed by atoms with Gasteiger partial charge < -0.3 is 24.7 Å². The van der Waals surface area contributed by atoms with E-state index in [1.54, 1.807) is 6.07 Å². The zero-order valence-corrected chi connectivity index (χ0v) is 14.7. The lowest BCUT2D eigenvalue weighted by Crippen LogP contribution is -2.73. The zero-order chi connectivity index (χ0) is 18.0. The van der Waals surface area contributed by atoms with Gasteiger partial charge in [-0.25, -0.2) is 0 Å². The first-order valence-corrected chi connectivity index (χ1v) is 9.61. The van der Waals surface area contributed by atoms with Gasteiger partial charge in [0.1, 0.15) is 11.3 Å². The van der Waals surface area contributed by atoms with Gasteiger partial charge in [-0.05, 0) is 37.1 Å². The van der Waals surface area contributed by atoms with Crippen molar-refractivity contribution in [1.29, 1.82) is 0 Å². The second kappa shape index (κ2) is 4.32. The molecule has 1 spiro atoms. The number of rotatable bonds is 0. The van der Waals surface area contributed by atoms with E-state index in [4.69, 9.17) is 9.15 Å². The number of hydrogen-bond donors (Lipinski definition) is 3. The van der Waals surface area contributed by atoms with Crippen LogP contribution in [-0.2, 0) is 18.3 Å². The first-order chi connectivity index (χ1) is 13.1. The Balaban J connectivity index is 1.62. The number of hydrogen-bond acceptors (Lipinski definition) is 5. The molecule has 5 nitrogen and oxygen atoms in total. The molecule has 0 radical (unpaired) electrons. The summed E-state index contributed by atoms with van der Waals surface area (Å²) in [6.45, 7) is 0.816. The zero-order valence-electron chi connectivity index (χ0n) is 14.7. The predicted molar refractivity (Wildman–Crippen MR) is 98.1 cm³/mol. The van der Waals surface area contributed by atoms with Crippen LogP contribution in [0.5, 0.6) is 11.5 Å². The number of aromatic hydroxyl groups is 1. The molecule has 4 unspecified atom stereocenters. The summed E-state index contributed by atoms with van der Waals surface area (Å²) in [6, 6.07) is 11.6. The van der Waals surface area contributed by atoms with E-state index < -0.39 is 17.1 Å². The molecule has 3 heterocycles. The molecule has 3 N–H and O–H groups in total. The highest BCUT2D eigenvalue weighted by atomic mass is 16.5. The minimum absolute atomic E-state index is 0.0397. The summed E-state index contributed by atoms with van der Waals surface area (Å²) >= 11 is 0. The smallest absolute Gasteiger partial charge is 0.169 e. The van der Waals surface area contributed by atoms with Crippen LogP contribution in [-0.4, -0.2) is 28.4 Å². The van der Waals surface area contributed by atoms with Crippen LogP contribution in [0.3, 0.4) is 0 Å². The second-order valence-corrected chi connectivity index (χ2v) is 8.42. The van der Waals surface area contributed by atoms with E-state index in [0.29, 0.717) is 12.2 Å². The monoisotopic (exact) mass is 361 g/mol. The quantitative estimate of drug-likeness (QED) is 0.574. The van der Waals surface area contributed by atoms with Crippen molar-refractivity contribution >= 4 is 11.0 Å². The SMILES string of the molecule is Oc1ccc2c3c1OC1c4oc5ccccc5c4CC4(O)C(C2)NCCC314. The molecule has 0 amide bonds. The number of furan rings is 1. The largest absolute Gasteiger partial charge is 0.504 e. The maximum atomic E-state index is 12.2. The molecule has 4 aliphatic rings. The van der Waals surface area contributed by atoms with Crippen molar-refractivity contribution in [3.05, 3.63) is 58.8 Å². The van der Waals surface area contributed by atoms with Gasteiger partial charge in [-0.15, -0.1) is 0 Å². The van der Waals surface area contributed by atoms with Gasteiger partial charge in [0.05, 0.1) is 11.0 Å². The Kier molecular flexibility index (Phi) is 2.33. The van der Waals surface area contributed by atoms with E-state index in [1.807, 2.05) is 24.3 Å². The van der Waals surface area contributed by atoms with Crippen molar-refractivity contribution in [2.24, 2.45) is 0 Å². The van der Waals surface area contributed by atoms with Gasteiger partial charge in [0.25, 0.3) is 0 Å². The van der Waals surface area contributed by atoms with Crippen LogP contribution in [0.2, 0.25) is 0 Å². The van der Waals surface area contributed by atoms with E-state index in [9.17, 15) is 10.2 Å². The number of aliphatic hydroxyl groups is 1. The summed E-state index contributed by atoms with van der Waals surface area (Å²) in [5, 5.41) is 27.3. The number of phenols is 1. The Morgan fingerprint density at radius 3 is 2.96 bits per heavy atom. The molecule has 27 heavy (non-hydrogen) atoms. The molecule has 0 saturated carbocycles. The summed E-state index contributed by atoms with van der Waals surface area (Å²) in [7, 11) is 0. The van der Waals surface area contributed by atoms with Crippen LogP contribution in [0.4, 0.5) is 0 Å². The fraction of sp³-hybridized carbons (Fsp3) is 0.364. The topological polar surface area (TPSA) is 74.9 Å². The number of para-hydroxylation sites is 1. The number of ether oxygens (including phenoxy) is 1. The van der Waals surface area contributed by atoms with Gasteiger partial charge >= 0.3 is 0 Å². The second-order valence-electron chi connectivity index (χ2n) is 8.42. The molecule has 1 fully saturated rings.